The molecular weight excluding hydrogens is 245 g/mol. The molecule has 2 atom stereocenters. The molecular formula is C15H22FNO2. The van der Waals surface area contributed by atoms with Gasteiger partial charge in [0.25, 0.3) is 0 Å². The van der Waals surface area contributed by atoms with E-state index in [1.54, 1.807) is 19.2 Å². The molecule has 0 bridgehead atoms. The summed E-state index contributed by atoms with van der Waals surface area (Å²) in [7, 11) is 1.57. The van der Waals surface area contributed by atoms with Gasteiger partial charge in [-0.15, -0.1) is 0 Å². The van der Waals surface area contributed by atoms with Crippen LogP contribution >= 0.6 is 0 Å². The summed E-state index contributed by atoms with van der Waals surface area (Å²) in [5.41, 5.74) is 0.604. The first kappa shape index (κ1) is 14.3. The van der Waals surface area contributed by atoms with Gasteiger partial charge >= 0.3 is 0 Å². The molecule has 1 aliphatic rings. The van der Waals surface area contributed by atoms with Gasteiger partial charge < -0.3 is 14.8 Å². The number of rotatable bonds is 6. The Balaban J connectivity index is 1.90. The molecule has 0 aliphatic carbocycles. The highest BCUT2D eigenvalue weighted by Crippen LogP contribution is 2.27. The standard InChI is InChI=1S/C15H22FNO2/c1-11(17-8-6-12-7-9-19-10-12)15-13(16)4-3-5-14(15)18-2/h3-5,11-12,17H,6-10H2,1-2H3. The molecule has 0 amide bonds. The first-order valence-electron chi connectivity index (χ1n) is 6.86. The van der Waals surface area contributed by atoms with Crippen LogP contribution in [0.5, 0.6) is 5.75 Å². The molecule has 3 nitrogen and oxygen atoms in total. The third-order valence-electron chi connectivity index (χ3n) is 3.69. The average molecular weight is 267 g/mol. The fourth-order valence-electron chi connectivity index (χ4n) is 2.53. The van der Waals surface area contributed by atoms with Crippen LogP contribution in [-0.4, -0.2) is 26.9 Å². The fraction of sp³-hybridized carbons (Fsp3) is 0.600. The maximum absolute atomic E-state index is 13.9. The highest BCUT2D eigenvalue weighted by Gasteiger charge is 2.18. The molecule has 1 fully saturated rings. The average Bonchev–Trinajstić information content (AvgIpc) is 2.91. The first-order chi connectivity index (χ1) is 9.22. The molecule has 0 saturated carbocycles. The largest absolute Gasteiger partial charge is 0.496 e. The lowest BCUT2D eigenvalue weighted by atomic mass is 10.0. The van der Waals surface area contributed by atoms with Crippen molar-refractivity contribution in [1.82, 2.24) is 5.32 Å². The van der Waals surface area contributed by atoms with Crippen molar-refractivity contribution < 1.29 is 13.9 Å². The Hall–Kier alpha value is -1.13. The molecule has 1 aromatic rings. The Morgan fingerprint density at radius 2 is 2.37 bits per heavy atom. The van der Waals surface area contributed by atoms with E-state index in [-0.39, 0.29) is 11.9 Å². The number of methoxy groups -OCH3 is 1. The number of halogens is 1. The predicted molar refractivity (Wildman–Crippen MR) is 72.9 cm³/mol. The smallest absolute Gasteiger partial charge is 0.131 e. The summed E-state index contributed by atoms with van der Waals surface area (Å²) in [6.45, 7) is 4.57. The summed E-state index contributed by atoms with van der Waals surface area (Å²) < 4.78 is 24.4. The molecule has 2 unspecified atom stereocenters. The van der Waals surface area contributed by atoms with E-state index in [0.29, 0.717) is 17.2 Å². The molecule has 0 radical (unpaired) electrons. The van der Waals surface area contributed by atoms with Gasteiger partial charge in [0.15, 0.2) is 0 Å². The van der Waals surface area contributed by atoms with Crippen LogP contribution < -0.4 is 10.1 Å². The molecule has 4 heteroatoms. The molecule has 2 rings (SSSR count). The fourth-order valence-corrected chi connectivity index (χ4v) is 2.53. The minimum Gasteiger partial charge on any atom is -0.496 e. The van der Waals surface area contributed by atoms with Crippen molar-refractivity contribution in [2.45, 2.75) is 25.8 Å². The molecule has 0 aromatic heterocycles. The quantitative estimate of drug-likeness (QED) is 0.859. The Morgan fingerprint density at radius 1 is 1.53 bits per heavy atom. The lowest BCUT2D eigenvalue weighted by molar-refractivity contribution is 0.184. The van der Waals surface area contributed by atoms with E-state index in [1.165, 1.54) is 6.07 Å². The summed E-state index contributed by atoms with van der Waals surface area (Å²) in [6, 6.07) is 4.88. The zero-order chi connectivity index (χ0) is 13.7. The molecule has 1 saturated heterocycles. The van der Waals surface area contributed by atoms with Gasteiger partial charge in [-0.2, -0.15) is 0 Å². The van der Waals surface area contributed by atoms with Crippen molar-refractivity contribution in [2.24, 2.45) is 5.92 Å². The Bertz CT molecular complexity index is 405. The van der Waals surface area contributed by atoms with Crippen molar-refractivity contribution in [1.29, 1.82) is 0 Å². The Labute approximate surface area is 114 Å². The Morgan fingerprint density at radius 3 is 3.05 bits per heavy atom. The normalized spacial score (nSPS) is 20.5. The number of ether oxygens (including phenoxy) is 2. The maximum Gasteiger partial charge on any atom is 0.131 e. The monoisotopic (exact) mass is 267 g/mol. The van der Waals surface area contributed by atoms with Crippen molar-refractivity contribution >= 4 is 0 Å². The number of benzene rings is 1. The van der Waals surface area contributed by atoms with E-state index in [9.17, 15) is 4.39 Å². The molecule has 19 heavy (non-hydrogen) atoms. The summed E-state index contributed by atoms with van der Waals surface area (Å²) in [5, 5.41) is 3.37. The van der Waals surface area contributed by atoms with E-state index >= 15 is 0 Å². The number of hydrogen-bond donors (Lipinski definition) is 1. The molecule has 1 N–H and O–H groups in total. The van der Waals surface area contributed by atoms with Crippen LogP contribution in [0.25, 0.3) is 0 Å². The summed E-state index contributed by atoms with van der Waals surface area (Å²) in [4.78, 5) is 0. The zero-order valence-corrected chi connectivity index (χ0v) is 11.6. The molecule has 1 aromatic carbocycles. The third kappa shape index (κ3) is 3.67. The number of nitrogens with one attached hydrogen (secondary N) is 1. The van der Waals surface area contributed by atoms with Gasteiger partial charge in [0.1, 0.15) is 11.6 Å². The first-order valence-corrected chi connectivity index (χ1v) is 6.86. The van der Waals surface area contributed by atoms with Crippen LogP contribution in [0.3, 0.4) is 0 Å². The van der Waals surface area contributed by atoms with Gasteiger partial charge in [-0.1, -0.05) is 6.07 Å². The second-order valence-corrected chi connectivity index (χ2v) is 5.05. The maximum atomic E-state index is 13.9. The molecule has 106 valence electrons. The predicted octanol–water partition coefficient (Wildman–Crippen LogP) is 2.91. The lowest BCUT2D eigenvalue weighted by Crippen LogP contribution is -2.23. The van der Waals surface area contributed by atoms with Gasteiger partial charge in [-0.05, 0) is 44.4 Å². The van der Waals surface area contributed by atoms with Crippen molar-refractivity contribution in [3.8, 4) is 5.75 Å². The summed E-state index contributed by atoms with van der Waals surface area (Å²) >= 11 is 0. The second-order valence-electron chi connectivity index (χ2n) is 5.05. The van der Waals surface area contributed by atoms with Gasteiger partial charge in [0.2, 0.25) is 0 Å². The lowest BCUT2D eigenvalue weighted by Gasteiger charge is -2.18. The van der Waals surface area contributed by atoms with Crippen LogP contribution in [0.2, 0.25) is 0 Å². The minimum atomic E-state index is -0.219. The van der Waals surface area contributed by atoms with Gasteiger partial charge in [-0.25, -0.2) is 4.39 Å². The highest BCUT2D eigenvalue weighted by atomic mass is 19.1. The molecule has 1 aliphatic heterocycles. The van der Waals surface area contributed by atoms with Gasteiger partial charge in [-0.3, -0.25) is 0 Å². The van der Waals surface area contributed by atoms with Crippen LogP contribution in [0, 0.1) is 11.7 Å². The zero-order valence-electron chi connectivity index (χ0n) is 11.6. The highest BCUT2D eigenvalue weighted by molar-refractivity contribution is 5.36. The molecule has 0 spiro atoms. The van der Waals surface area contributed by atoms with Crippen molar-refractivity contribution in [3.05, 3.63) is 29.6 Å². The SMILES string of the molecule is COc1cccc(F)c1C(C)NCCC1CCOC1. The summed E-state index contributed by atoms with van der Waals surface area (Å²) in [5.74, 6) is 1.02. The van der Waals surface area contributed by atoms with Crippen molar-refractivity contribution in [2.75, 3.05) is 26.9 Å². The topological polar surface area (TPSA) is 30.5 Å². The number of hydrogen-bond acceptors (Lipinski definition) is 3. The van der Waals surface area contributed by atoms with E-state index in [0.717, 1.165) is 32.6 Å². The third-order valence-corrected chi connectivity index (χ3v) is 3.69. The van der Waals surface area contributed by atoms with Gasteiger partial charge in [0, 0.05) is 24.8 Å². The Kier molecular flexibility index (Phi) is 5.16. The van der Waals surface area contributed by atoms with E-state index in [1.807, 2.05) is 6.92 Å². The summed E-state index contributed by atoms with van der Waals surface area (Å²) in [6.07, 6.45) is 2.21. The van der Waals surface area contributed by atoms with Crippen LogP contribution in [-0.2, 0) is 4.74 Å². The van der Waals surface area contributed by atoms with Crippen LogP contribution in [0.15, 0.2) is 18.2 Å². The second kappa shape index (κ2) is 6.87. The van der Waals surface area contributed by atoms with E-state index in [2.05, 4.69) is 5.32 Å². The van der Waals surface area contributed by atoms with Crippen LogP contribution in [0.4, 0.5) is 4.39 Å². The van der Waals surface area contributed by atoms with E-state index in [4.69, 9.17) is 9.47 Å². The van der Waals surface area contributed by atoms with Gasteiger partial charge in [0.05, 0.1) is 7.11 Å². The molecule has 1 heterocycles. The van der Waals surface area contributed by atoms with Crippen LogP contribution in [0.1, 0.15) is 31.4 Å². The van der Waals surface area contributed by atoms with E-state index < -0.39 is 0 Å². The van der Waals surface area contributed by atoms with Crippen molar-refractivity contribution in [3.63, 3.8) is 0 Å². The minimum absolute atomic E-state index is 0.0570.